The lowest BCUT2D eigenvalue weighted by Crippen LogP contribution is -2.21. The average molecular weight is 206 g/mol. The normalized spacial score (nSPS) is 10.0. The van der Waals surface area contributed by atoms with Crippen LogP contribution in [0.2, 0.25) is 0 Å². The van der Waals surface area contributed by atoms with Crippen LogP contribution in [-0.2, 0) is 17.9 Å². The second kappa shape index (κ2) is 6.19. The largest absolute Gasteiger partial charge is 0.352 e. The third-order valence-electron chi connectivity index (χ3n) is 2.21. The minimum absolute atomic E-state index is 0.0919. The summed E-state index contributed by atoms with van der Waals surface area (Å²) in [5.41, 5.74) is 2.39. The van der Waals surface area contributed by atoms with E-state index in [0.29, 0.717) is 13.0 Å². The van der Waals surface area contributed by atoms with Gasteiger partial charge in [-0.1, -0.05) is 31.2 Å². The zero-order valence-electron chi connectivity index (χ0n) is 9.34. The van der Waals surface area contributed by atoms with E-state index in [1.54, 1.807) is 0 Å². The molecule has 1 aromatic rings. The van der Waals surface area contributed by atoms with Crippen molar-refractivity contribution < 1.29 is 4.79 Å². The molecule has 82 valence electrons. The molecule has 1 amide bonds. The summed E-state index contributed by atoms with van der Waals surface area (Å²) in [6.45, 7) is 3.35. The van der Waals surface area contributed by atoms with Crippen molar-refractivity contribution in [1.82, 2.24) is 10.6 Å². The van der Waals surface area contributed by atoms with Crippen LogP contribution >= 0.6 is 0 Å². The van der Waals surface area contributed by atoms with Gasteiger partial charge in [0.05, 0.1) is 0 Å². The van der Waals surface area contributed by atoms with Crippen molar-refractivity contribution in [3.63, 3.8) is 0 Å². The standard InChI is InChI=1S/C12H18N2O/c1-3-12(15)14-9-11-6-4-10(5-7-11)8-13-2/h4-7,13H,3,8-9H2,1-2H3,(H,14,15). The highest BCUT2D eigenvalue weighted by Crippen LogP contribution is 2.03. The summed E-state index contributed by atoms with van der Waals surface area (Å²) in [7, 11) is 1.93. The fourth-order valence-electron chi connectivity index (χ4n) is 1.30. The van der Waals surface area contributed by atoms with E-state index in [9.17, 15) is 4.79 Å². The molecule has 1 rings (SSSR count). The van der Waals surface area contributed by atoms with E-state index >= 15 is 0 Å². The second-order valence-electron chi connectivity index (χ2n) is 3.48. The molecule has 0 aromatic heterocycles. The molecule has 3 heteroatoms. The molecule has 0 saturated carbocycles. The van der Waals surface area contributed by atoms with Crippen molar-refractivity contribution in [1.29, 1.82) is 0 Å². The van der Waals surface area contributed by atoms with Crippen molar-refractivity contribution in [3.05, 3.63) is 35.4 Å². The highest BCUT2D eigenvalue weighted by molar-refractivity contribution is 5.75. The van der Waals surface area contributed by atoms with E-state index in [0.717, 1.165) is 12.1 Å². The maximum atomic E-state index is 11.0. The van der Waals surface area contributed by atoms with Gasteiger partial charge in [-0.05, 0) is 18.2 Å². The van der Waals surface area contributed by atoms with Gasteiger partial charge in [-0.3, -0.25) is 4.79 Å². The molecule has 0 aliphatic carbocycles. The molecule has 0 radical (unpaired) electrons. The number of carbonyl (C=O) groups is 1. The number of hydrogen-bond acceptors (Lipinski definition) is 2. The summed E-state index contributed by atoms with van der Waals surface area (Å²) in [6, 6.07) is 8.24. The molecule has 0 spiro atoms. The molecule has 0 bridgehead atoms. The Kier molecular flexibility index (Phi) is 4.84. The number of hydrogen-bond donors (Lipinski definition) is 2. The predicted molar refractivity (Wildman–Crippen MR) is 61.3 cm³/mol. The Hall–Kier alpha value is -1.35. The van der Waals surface area contributed by atoms with Crippen LogP contribution in [0.1, 0.15) is 24.5 Å². The van der Waals surface area contributed by atoms with Crippen LogP contribution in [0.15, 0.2) is 24.3 Å². The van der Waals surface area contributed by atoms with Crippen LogP contribution in [0.3, 0.4) is 0 Å². The van der Waals surface area contributed by atoms with Gasteiger partial charge >= 0.3 is 0 Å². The highest BCUT2D eigenvalue weighted by atomic mass is 16.1. The van der Waals surface area contributed by atoms with E-state index in [2.05, 4.69) is 22.8 Å². The van der Waals surface area contributed by atoms with Gasteiger partial charge < -0.3 is 10.6 Å². The minimum atomic E-state index is 0.0919. The van der Waals surface area contributed by atoms with E-state index in [1.165, 1.54) is 5.56 Å². The zero-order chi connectivity index (χ0) is 11.1. The maximum Gasteiger partial charge on any atom is 0.219 e. The molecular weight excluding hydrogens is 188 g/mol. The number of carbonyl (C=O) groups excluding carboxylic acids is 1. The number of rotatable bonds is 5. The van der Waals surface area contributed by atoms with Crippen molar-refractivity contribution >= 4 is 5.91 Å². The second-order valence-corrected chi connectivity index (χ2v) is 3.48. The fourth-order valence-corrected chi connectivity index (χ4v) is 1.30. The Balaban J connectivity index is 2.45. The van der Waals surface area contributed by atoms with Crippen molar-refractivity contribution in [3.8, 4) is 0 Å². The molecule has 0 atom stereocenters. The van der Waals surface area contributed by atoms with Gasteiger partial charge in [-0.25, -0.2) is 0 Å². The van der Waals surface area contributed by atoms with E-state index in [-0.39, 0.29) is 5.91 Å². The molecule has 0 aliphatic rings. The van der Waals surface area contributed by atoms with Crippen molar-refractivity contribution in [2.75, 3.05) is 7.05 Å². The lowest BCUT2D eigenvalue weighted by molar-refractivity contribution is -0.120. The van der Waals surface area contributed by atoms with Crippen LogP contribution in [0, 0.1) is 0 Å². The predicted octanol–water partition coefficient (Wildman–Crippen LogP) is 1.43. The molecule has 2 N–H and O–H groups in total. The van der Waals surface area contributed by atoms with Crippen molar-refractivity contribution in [2.24, 2.45) is 0 Å². The summed E-state index contributed by atoms with van der Waals surface area (Å²) in [5.74, 6) is 0.0919. The Labute approximate surface area is 90.9 Å². The first-order valence-electron chi connectivity index (χ1n) is 5.25. The third kappa shape index (κ3) is 4.13. The van der Waals surface area contributed by atoms with Gasteiger partial charge in [0.1, 0.15) is 0 Å². The van der Waals surface area contributed by atoms with Crippen LogP contribution < -0.4 is 10.6 Å². The third-order valence-corrected chi connectivity index (χ3v) is 2.21. The molecule has 0 heterocycles. The van der Waals surface area contributed by atoms with Gasteiger partial charge in [0, 0.05) is 19.5 Å². The lowest BCUT2D eigenvalue weighted by atomic mass is 10.1. The van der Waals surface area contributed by atoms with Crippen LogP contribution in [0.25, 0.3) is 0 Å². The maximum absolute atomic E-state index is 11.0. The molecular formula is C12H18N2O. The average Bonchev–Trinajstić information content (AvgIpc) is 2.28. The Morgan fingerprint density at radius 1 is 1.13 bits per heavy atom. The van der Waals surface area contributed by atoms with Crippen LogP contribution in [0.5, 0.6) is 0 Å². The molecule has 15 heavy (non-hydrogen) atoms. The quantitative estimate of drug-likeness (QED) is 0.765. The lowest BCUT2D eigenvalue weighted by Gasteiger charge is -2.05. The van der Waals surface area contributed by atoms with E-state index < -0.39 is 0 Å². The van der Waals surface area contributed by atoms with Crippen molar-refractivity contribution in [2.45, 2.75) is 26.4 Å². The fraction of sp³-hybridized carbons (Fsp3) is 0.417. The van der Waals surface area contributed by atoms with Gasteiger partial charge in [0.15, 0.2) is 0 Å². The molecule has 3 nitrogen and oxygen atoms in total. The van der Waals surface area contributed by atoms with Gasteiger partial charge in [0.25, 0.3) is 0 Å². The Bertz CT molecular complexity index is 306. The van der Waals surface area contributed by atoms with E-state index in [4.69, 9.17) is 0 Å². The first-order valence-corrected chi connectivity index (χ1v) is 5.25. The summed E-state index contributed by atoms with van der Waals surface area (Å²) < 4.78 is 0. The highest BCUT2D eigenvalue weighted by Gasteiger charge is 1.97. The first-order chi connectivity index (χ1) is 7.26. The topological polar surface area (TPSA) is 41.1 Å². The zero-order valence-corrected chi connectivity index (χ0v) is 9.34. The minimum Gasteiger partial charge on any atom is -0.352 e. The van der Waals surface area contributed by atoms with Gasteiger partial charge in [0.2, 0.25) is 5.91 Å². The van der Waals surface area contributed by atoms with E-state index in [1.807, 2.05) is 26.1 Å². The Morgan fingerprint density at radius 2 is 1.67 bits per heavy atom. The summed E-state index contributed by atoms with van der Waals surface area (Å²) in [6.07, 6.45) is 0.540. The number of benzene rings is 1. The monoisotopic (exact) mass is 206 g/mol. The van der Waals surface area contributed by atoms with Gasteiger partial charge in [-0.15, -0.1) is 0 Å². The molecule has 0 fully saturated rings. The van der Waals surface area contributed by atoms with Gasteiger partial charge in [-0.2, -0.15) is 0 Å². The first kappa shape index (κ1) is 11.7. The summed E-state index contributed by atoms with van der Waals surface area (Å²) in [4.78, 5) is 11.0. The molecule has 1 aromatic carbocycles. The molecule has 0 saturated heterocycles. The molecule has 0 aliphatic heterocycles. The number of nitrogens with one attached hydrogen (secondary N) is 2. The van der Waals surface area contributed by atoms with Crippen LogP contribution in [0.4, 0.5) is 0 Å². The number of amides is 1. The smallest absolute Gasteiger partial charge is 0.219 e. The van der Waals surface area contributed by atoms with Crippen LogP contribution in [-0.4, -0.2) is 13.0 Å². The Morgan fingerprint density at radius 3 is 2.13 bits per heavy atom. The molecule has 0 unspecified atom stereocenters. The summed E-state index contributed by atoms with van der Waals surface area (Å²) in [5, 5.41) is 5.94. The SMILES string of the molecule is CCC(=O)NCc1ccc(CNC)cc1. The summed E-state index contributed by atoms with van der Waals surface area (Å²) >= 11 is 0.